The molecule has 0 radical (unpaired) electrons. The predicted octanol–water partition coefficient (Wildman–Crippen LogP) is 4.12. The van der Waals surface area contributed by atoms with Gasteiger partial charge >= 0.3 is 0 Å². The largest absolute Gasteiger partial charge is 0.357 e. The zero-order valence-electron chi connectivity index (χ0n) is 19.3. The van der Waals surface area contributed by atoms with Gasteiger partial charge in [0.25, 0.3) is 0 Å². The number of benzene rings is 2. The molecule has 2 aromatic carbocycles. The number of nitrogens with zero attached hydrogens (tertiary/aromatic N) is 4. The highest BCUT2D eigenvalue weighted by Gasteiger charge is 2.31. The first-order valence-corrected chi connectivity index (χ1v) is 11.3. The number of carbonyl (C=O) groups is 1. The van der Waals surface area contributed by atoms with Gasteiger partial charge in [0.2, 0.25) is 11.9 Å². The minimum Gasteiger partial charge on any atom is -0.357 e. The van der Waals surface area contributed by atoms with Crippen molar-refractivity contribution in [2.24, 2.45) is 5.92 Å². The number of piperidine rings is 1. The summed E-state index contributed by atoms with van der Waals surface area (Å²) in [5.74, 6) is 0.349. The number of nitrogens with one attached hydrogen (secondary N) is 2. The van der Waals surface area contributed by atoms with E-state index in [2.05, 4.69) is 32.4 Å². The molecule has 7 nitrogen and oxygen atoms in total. The molecule has 2 atom stereocenters. The molecular formula is C26H27FN6O. The van der Waals surface area contributed by atoms with Gasteiger partial charge in [0.15, 0.2) is 0 Å². The van der Waals surface area contributed by atoms with Crippen molar-refractivity contribution < 1.29 is 9.18 Å². The third-order valence-electron chi connectivity index (χ3n) is 6.18. The Morgan fingerprint density at radius 2 is 1.97 bits per heavy atom. The van der Waals surface area contributed by atoms with E-state index in [0.717, 1.165) is 18.4 Å². The van der Waals surface area contributed by atoms with E-state index in [4.69, 9.17) is 5.26 Å². The molecule has 3 aromatic rings. The van der Waals surface area contributed by atoms with Crippen molar-refractivity contribution >= 4 is 17.7 Å². The Hall–Kier alpha value is -3.99. The fourth-order valence-corrected chi connectivity index (χ4v) is 4.18. The van der Waals surface area contributed by atoms with Crippen LogP contribution in [0.2, 0.25) is 0 Å². The Kier molecular flexibility index (Phi) is 7.02. The van der Waals surface area contributed by atoms with E-state index in [9.17, 15) is 9.18 Å². The monoisotopic (exact) mass is 458 g/mol. The number of nitriles is 1. The van der Waals surface area contributed by atoms with Crippen molar-refractivity contribution in [2.45, 2.75) is 32.4 Å². The zero-order valence-corrected chi connectivity index (χ0v) is 19.3. The van der Waals surface area contributed by atoms with Gasteiger partial charge in [0.1, 0.15) is 17.7 Å². The van der Waals surface area contributed by atoms with E-state index < -0.39 is 5.82 Å². The minimum absolute atomic E-state index is 0.0131. The van der Waals surface area contributed by atoms with Gasteiger partial charge in [-0.25, -0.2) is 9.37 Å². The molecule has 0 unspecified atom stereocenters. The first-order chi connectivity index (χ1) is 16.5. The number of rotatable bonds is 6. The van der Waals surface area contributed by atoms with Crippen LogP contribution in [0.15, 0.2) is 54.6 Å². The summed E-state index contributed by atoms with van der Waals surface area (Å²) in [5, 5.41) is 15.0. The molecule has 1 aromatic heterocycles. The maximum Gasteiger partial charge on any atom is 0.225 e. The fourth-order valence-electron chi connectivity index (χ4n) is 4.18. The molecule has 0 aliphatic carbocycles. The maximum absolute atomic E-state index is 14.2. The van der Waals surface area contributed by atoms with Gasteiger partial charge in [0, 0.05) is 37.8 Å². The first-order valence-electron chi connectivity index (χ1n) is 11.3. The Morgan fingerprint density at radius 1 is 1.18 bits per heavy atom. The summed E-state index contributed by atoms with van der Waals surface area (Å²) < 4.78 is 14.2. The van der Waals surface area contributed by atoms with Crippen molar-refractivity contribution in [3.05, 3.63) is 71.5 Å². The van der Waals surface area contributed by atoms with Gasteiger partial charge in [-0.15, -0.1) is 0 Å². The molecular weight excluding hydrogens is 431 g/mol. The molecule has 1 amide bonds. The molecule has 1 fully saturated rings. The standard InChI is InChI=1S/C26H27FN6O/c1-17-8-9-21(25(34)30-15-18-6-4-3-5-7-18)16-33(17)24-13-23(31-26(29-2)32-24)19-10-11-20(14-28)22(27)12-19/h3-7,10-13,17,21H,8-9,15-16H2,1-2H3,(H,30,34)(H,29,31,32)/t17-,21+/m1/s1. The lowest BCUT2D eigenvalue weighted by Gasteiger charge is -2.38. The third-order valence-corrected chi connectivity index (χ3v) is 6.18. The summed E-state index contributed by atoms with van der Waals surface area (Å²) in [4.78, 5) is 24.1. The second-order valence-corrected chi connectivity index (χ2v) is 8.47. The fraction of sp³-hybridized carbons (Fsp3) is 0.308. The van der Waals surface area contributed by atoms with Crippen molar-refractivity contribution in [3.63, 3.8) is 0 Å². The van der Waals surface area contributed by atoms with Gasteiger partial charge in [0.05, 0.1) is 17.2 Å². The van der Waals surface area contributed by atoms with Gasteiger partial charge in [-0.3, -0.25) is 4.79 Å². The highest BCUT2D eigenvalue weighted by Crippen LogP contribution is 2.30. The van der Waals surface area contributed by atoms with E-state index in [0.29, 0.717) is 36.1 Å². The van der Waals surface area contributed by atoms with Gasteiger partial charge in [-0.2, -0.15) is 10.2 Å². The normalized spacial score (nSPS) is 17.6. The van der Waals surface area contributed by atoms with Crippen LogP contribution in [0.3, 0.4) is 0 Å². The molecule has 8 heteroatoms. The van der Waals surface area contributed by atoms with Crippen LogP contribution in [0.4, 0.5) is 16.2 Å². The van der Waals surface area contributed by atoms with Crippen LogP contribution in [0.25, 0.3) is 11.3 Å². The van der Waals surface area contributed by atoms with E-state index in [1.807, 2.05) is 42.5 Å². The number of halogens is 1. The molecule has 0 bridgehead atoms. The summed E-state index contributed by atoms with van der Waals surface area (Å²) in [5.41, 5.74) is 2.14. The second-order valence-electron chi connectivity index (χ2n) is 8.47. The summed E-state index contributed by atoms with van der Waals surface area (Å²) in [6.45, 7) is 3.14. The van der Waals surface area contributed by atoms with Crippen molar-refractivity contribution in [1.29, 1.82) is 5.26 Å². The Balaban J connectivity index is 1.56. The van der Waals surface area contributed by atoms with E-state index in [1.54, 1.807) is 13.1 Å². The van der Waals surface area contributed by atoms with Crippen LogP contribution in [0, 0.1) is 23.1 Å². The molecule has 1 aliphatic rings. The summed E-state index contributed by atoms with van der Waals surface area (Å²) in [6.07, 6.45) is 1.65. The number of amides is 1. The SMILES string of the molecule is CNc1nc(-c2ccc(C#N)c(F)c2)cc(N2C[C@@H](C(=O)NCc3ccccc3)CC[C@H]2C)n1. The summed E-state index contributed by atoms with van der Waals surface area (Å²) >= 11 is 0. The van der Waals surface area contributed by atoms with Crippen molar-refractivity contribution in [3.8, 4) is 17.3 Å². The summed E-state index contributed by atoms with van der Waals surface area (Å²) in [6, 6.07) is 18.1. The second kappa shape index (κ2) is 10.3. The van der Waals surface area contributed by atoms with Crippen LogP contribution < -0.4 is 15.5 Å². The zero-order chi connectivity index (χ0) is 24.1. The van der Waals surface area contributed by atoms with Gasteiger partial charge in [-0.1, -0.05) is 36.4 Å². The van der Waals surface area contributed by atoms with Crippen LogP contribution in [0.1, 0.15) is 30.9 Å². The number of aromatic nitrogens is 2. The lowest BCUT2D eigenvalue weighted by Crippen LogP contribution is -2.47. The Morgan fingerprint density at radius 3 is 2.68 bits per heavy atom. The average Bonchev–Trinajstić information content (AvgIpc) is 2.87. The Labute approximate surface area is 198 Å². The maximum atomic E-state index is 14.2. The Bertz CT molecular complexity index is 1210. The van der Waals surface area contributed by atoms with E-state index in [1.165, 1.54) is 12.1 Å². The molecule has 1 saturated heterocycles. The quantitative estimate of drug-likeness (QED) is 0.577. The van der Waals surface area contributed by atoms with Crippen LogP contribution >= 0.6 is 0 Å². The predicted molar refractivity (Wildman–Crippen MR) is 130 cm³/mol. The lowest BCUT2D eigenvalue weighted by atomic mass is 9.92. The number of hydrogen-bond acceptors (Lipinski definition) is 6. The van der Waals surface area contributed by atoms with Crippen molar-refractivity contribution in [1.82, 2.24) is 15.3 Å². The molecule has 4 rings (SSSR count). The molecule has 2 heterocycles. The van der Waals surface area contributed by atoms with E-state index >= 15 is 0 Å². The average molecular weight is 459 g/mol. The smallest absolute Gasteiger partial charge is 0.225 e. The number of anilines is 2. The third kappa shape index (κ3) is 5.15. The topological polar surface area (TPSA) is 93.9 Å². The molecule has 0 saturated carbocycles. The van der Waals surface area contributed by atoms with Crippen LogP contribution in [-0.4, -0.2) is 35.5 Å². The van der Waals surface area contributed by atoms with E-state index in [-0.39, 0.29) is 23.4 Å². The lowest BCUT2D eigenvalue weighted by molar-refractivity contribution is -0.125. The summed E-state index contributed by atoms with van der Waals surface area (Å²) in [7, 11) is 1.72. The van der Waals surface area contributed by atoms with Crippen LogP contribution in [0.5, 0.6) is 0 Å². The highest BCUT2D eigenvalue weighted by atomic mass is 19.1. The molecule has 34 heavy (non-hydrogen) atoms. The molecule has 1 aliphatic heterocycles. The highest BCUT2D eigenvalue weighted by molar-refractivity contribution is 5.79. The molecule has 2 N–H and O–H groups in total. The number of carbonyl (C=O) groups excluding carboxylic acids is 1. The minimum atomic E-state index is -0.590. The molecule has 0 spiro atoms. The number of hydrogen-bond donors (Lipinski definition) is 2. The molecule has 174 valence electrons. The van der Waals surface area contributed by atoms with Gasteiger partial charge < -0.3 is 15.5 Å². The van der Waals surface area contributed by atoms with Crippen LogP contribution in [-0.2, 0) is 11.3 Å². The first kappa shape index (κ1) is 23.2. The van der Waals surface area contributed by atoms with Crippen molar-refractivity contribution in [2.75, 3.05) is 23.8 Å². The van der Waals surface area contributed by atoms with Gasteiger partial charge in [-0.05, 0) is 37.5 Å².